The zero-order chi connectivity index (χ0) is 14.8. The van der Waals surface area contributed by atoms with Crippen LogP contribution in [0.15, 0.2) is 36.4 Å². The van der Waals surface area contributed by atoms with Crippen LogP contribution in [0.4, 0.5) is 5.69 Å². The van der Waals surface area contributed by atoms with E-state index in [2.05, 4.69) is 11.0 Å². The van der Waals surface area contributed by atoms with Gasteiger partial charge in [-0.1, -0.05) is 31.2 Å². The van der Waals surface area contributed by atoms with Crippen molar-refractivity contribution in [3.63, 3.8) is 0 Å². The summed E-state index contributed by atoms with van der Waals surface area (Å²) in [6, 6.07) is 14.0. The Labute approximate surface area is 124 Å². The van der Waals surface area contributed by atoms with E-state index < -0.39 is 0 Å². The van der Waals surface area contributed by atoms with Crippen molar-refractivity contribution in [1.29, 1.82) is 5.26 Å². The van der Waals surface area contributed by atoms with Gasteiger partial charge in [0.1, 0.15) is 0 Å². The van der Waals surface area contributed by atoms with E-state index in [1.54, 1.807) is 0 Å². The van der Waals surface area contributed by atoms with Gasteiger partial charge in [-0.2, -0.15) is 5.26 Å². The Balaban J connectivity index is 1.94. The van der Waals surface area contributed by atoms with Crippen LogP contribution < -0.4 is 4.90 Å². The van der Waals surface area contributed by atoms with Gasteiger partial charge < -0.3 is 0 Å². The average Bonchev–Trinajstić information content (AvgIpc) is 2.79. The van der Waals surface area contributed by atoms with Crippen LogP contribution in [-0.2, 0) is 0 Å². The molecule has 2 aromatic carbocycles. The number of benzene rings is 2. The fourth-order valence-electron chi connectivity index (χ4n) is 2.86. The highest BCUT2D eigenvalue weighted by Gasteiger charge is 2.30. The lowest BCUT2D eigenvalue weighted by Gasteiger charge is -2.26. The van der Waals surface area contributed by atoms with Crippen molar-refractivity contribution in [2.45, 2.75) is 13.3 Å². The molecule has 3 rings (SSSR count). The van der Waals surface area contributed by atoms with Gasteiger partial charge in [-0.3, -0.25) is 14.6 Å². The summed E-state index contributed by atoms with van der Waals surface area (Å²) in [4.78, 5) is 16.6. The normalized spacial score (nSPS) is 13.2. The summed E-state index contributed by atoms with van der Waals surface area (Å²) in [6.07, 6.45) is 0.479. The Bertz CT molecular complexity index is 727. The summed E-state index contributed by atoms with van der Waals surface area (Å²) >= 11 is 0. The van der Waals surface area contributed by atoms with E-state index in [0.717, 1.165) is 28.6 Å². The molecular formula is C17H17N3O. The lowest BCUT2D eigenvalue weighted by atomic mass is 10.1. The van der Waals surface area contributed by atoms with Gasteiger partial charge in [0.2, 0.25) is 0 Å². The summed E-state index contributed by atoms with van der Waals surface area (Å²) < 4.78 is 0. The van der Waals surface area contributed by atoms with Gasteiger partial charge in [-0.15, -0.1) is 0 Å². The topological polar surface area (TPSA) is 47.3 Å². The fourth-order valence-corrected chi connectivity index (χ4v) is 2.86. The molecule has 0 aliphatic carbocycles. The van der Waals surface area contributed by atoms with Gasteiger partial charge in [0.15, 0.2) is 0 Å². The molecule has 0 aromatic heterocycles. The molecular weight excluding hydrogens is 262 g/mol. The molecule has 1 amide bonds. The molecule has 0 unspecified atom stereocenters. The van der Waals surface area contributed by atoms with Gasteiger partial charge in [0.25, 0.3) is 5.91 Å². The molecule has 0 radical (unpaired) electrons. The maximum atomic E-state index is 12.6. The zero-order valence-corrected chi connectivity index (χ0v) is 12.0. The number of hydrogen-bond donors (Lipinski definition) is 0. The Hall–Kier alpha value is -2.38. The minimum Gasteiger partial charge on any atom is -0.294 e. The first kappa shape index (κ1) is 13.6. The van der Waals surface area contributed by atoms with Crippen molar-refractivity contribution in [3.05, 3.63) is 42.0 Å². The van der Waals surface area contributed by atoms with Crippen LogP contribution in [0.3, 0.4) is 0 Å². The molecule has 0 atom stereocenters. The van der Waals surface area contributed by atoms with Crippen molar-refractivity contribution in [2.75, 3.05) is 24.7 Å². The largest absolute Gasteiger partial charge is 0.294 e. The molecule has 1 heterocycles. The highest BCUT2D eigenvalue weighted by atomic mass is 16.2. The molecule has 0 N–H and O–H groups in total. The van der Waals surface area contributed by atoms with Crippen LogP contribution in [0.5, 0.6) is 0 Å². The molecule has 0 saturated carbocycles. The molecule has 0 spiro atoms. The van der Waals surface area contributed by atoms with Crippen LogP contribution in [-0.4, -0.2) is 30.6 Å². The predicted molar refractivity (Wildman–Crippen MR) is 83.1 cm³/mol. The third kappa shape index (κ3) is 2.26. The van der Waals surface area contributed by atoms with Gasteiger partial charge in [-0.05, 0) is 24.1 Å². The van der Waals surface area contributed by atoms with Crippen molar-refractivity contribution in [2.24, 2.45) is 0 Å². The number of carbonyl (C=O) groups excluding carboxylic acids is 1. The second-order valence-corrected chi connectivity index (χ2v) is 5.17. The smallest absolute Gasteiger partial charge is 0.260 e. The average molecular weight is 279 g/mol. The number of nitrogens with zero attached hydrogens (tertiary/aromatic N) is 3. The van der Waals surface area contributed by atoms with Crippen LogP contribution in [0.1, 0.15) is 23.7 Å². The lowest BCUT2D eigenvalue weighted by molar-refractivity contribution is 0.0975. The number of nitriles is 1. The summed E-state index contributed by atoms with van der Waals surface area (Å²) in [5, 5.41) is 10.9. The summed E-state index contributed by atoms with van der Waals surface area (Å²) in [5.41, 5.74) is 1.75. The van der Waals surface area contributed by atoms with Crippen molar-refractivity contribution < 1.29 is 4.79 Å². The van der Waals surface area contributed by atoms with E-state index in [9.17, 15) is 4.79 Å². The Morgan fingerprint density at radius 2 is 2.00 bits per heavy atom. The van der Waals surface area contributed by atoms with Gasteiger partial charge in [0, 0.05) is 23.9 Å². The third-order valence-corrected chi connectivity index (χ3v) is 3.98. The number of carbonyl (C=O) groups is 1. The standard InChI is InChI=1S/C17H17N3O/c1-2-19(11-5-10-18)12-20-15-9-4-7-13-6-3-8-14(16(13)15)17(20)21/h3-4,6-9H,2,5,11-12H2,1H3. The first-order valence-corrected chi connectivity index (χ1v) is 7.19. The molecule has 4 heteroatoms. The summed E-state index contributed by atoms with van der Waals surface area (Å²) in [7, 11) is 0. The minimum atomic E-state index is 0.0530. The van der Waals surface area contributed by atoms with Crippen LogP contribution in [0, 0.1) is 11.3 Å². The SMILES string of the molecule is CCN(CCC#N)CN1C(=O)c2cccc3cccc1c23. The number of anilines is 1. The molecule has 21 heavy (non-hydrogen) atoms. The van der Waals surface area contributed by atoms with E-state index in [4.69, 9.17) is 5.26 Å². The van der Waals surface area contributed by atoms with Crippen LogP contribution >= 0.6 is 0 Å². The maximum absolute atomic E-state index is 12.6. The Morgan fingerprint density at radius 1 is 1.24 bits per heavy atom. The van der Waals surface area contributed by atoms with Crippen molar-refractivity contribution >= 4 is 22.4 Å². The summed E-state index contributed by atoms with van der Waals surface area (Å²) in [5.74, 6) is 0.0530. The zero-order valence-electron chi connectivity index (χ0n) is 12.0. The van der Waals surface area contributed by atoms with Crippen molar-refractivity contribution in [3.8, 4) is 6.07 Å². The molecule has 0 fully saturated rings. The maximum Gasteiger partial charge on any atom is 0.260 e. The Kier molecular flexibility index (Phi) is 3.59. The third-order valence-electron chi connectivity index (χ3n) is 3.98. The highest BCUT2D eigenvalue weighted by molar-refractivity contribution is 6.24. The van der Waals surface area contributed by atoms with Gasteiger partial charge >= 0.3 is 0 Å². The molecule has 1 aliphatic rings. The second-order valence-electron chi connectivity index (χ2n) is 5.17. The number of amides is 1. The van der Waals surface area contributed by atoms with Crippen LogP contribution in [0.2, 0.25) is 0 Å². The van der Waals surface area contributed by atoms with E-state index in [0.29, 0.717) is 19.6 Å². The second kappa shape index (κ2) is 5.55. The molecule has 106 valence electrons. The van der Waals surface area contributed by atoms with Gasteiger partial charge in [0.05, 0.1) is 18.4 Å². The van der Waals surface area contributed by atoms with E-state index in [1.165, 1.54) is 0 Å². The lowest BCUT2D eigenvalue weighted by Crippen LogP contribution is -2.40. The molecule has 2 aromatic rings. The first-order valence-electron chi connectivity index (χ1n) is 7.19. The molecule has 0 saturated heterocycles. The molecule has 1 aliphatic heterocycles. The van der Waals surface area contributed by atoms with Gasteiger partial charge in [-0.25, -0.2) is 0 Å². The monoisotopic (exact) mass is 279 g/mol. The minimum absolute atomic E-state index is 0.0530. The van der Waals surface area contributed by atoms with E-state index in [1.807, 2.05) is 48.2 Å². The number of hydrogen-bond acceptors (Lipinski definition) is 3. The first-order chi connectivity index (χ1) is 10.3. The fraction of sp³-hybridized carbons (Fsp3) is 0.294. The number of rotatable bonds is 5. The Morgan fingerprint density at radius 3 is 2.71 bits per heavy atom. The quantitative estimate of drug-likeness (QED) is 0.845. The molecule has 4 nitrogen and oxygen atoms in total. The van der Waals surface area contributed by atoms with Crippen LogP contribution in [0.25, 0.3) is 10.8 Å². The van der Waals surface area contributed by atoms with E-state index in [-0.39, 0.29) is 5.91 Å². The predicted octanol–water partition coefficient (Wildman–Crippen LogP) is 2.99. The molecule has 0 bridgehead atoms. The summed E-state index contributed by atoms with van der Waals surface area (Å²) in [6.45, 7) is 4.08. The van der Waals surface area contributed by atoms with E-state index >= 15 is 0 Å². The van der Waals surface area contributed by atoms with Crippen molar-refractivity contribution in [1.82, 2.24) is 4.90 Å². The highest BCUT2D eigenvalue weighted by Crippen LogP contribution is 2.37.